The number of hydrogen-bond acceptors (Lipinski definition) is 3. The van der Waals surface area contributed by atoms with Gasteiger partial charge in [0.05, 0.1) is 11.1 Å². The van der Waals surface area contributed by atoms with Gasteiger partial charge >= 0.3 is 5.97 Å². The SMILES string of the molecule is Cc1ccccc1C(=O)Oc1ccc(F)cc1C(=O)/C=C/c1ccccc1F. The number of rotatable bonds is 5. The van der Waals surface area contributed by atoms with E-state index in [1.54, 1.807) is 37.3 Å². The van der Waals surface area contributed by atoms with E-state index in [1.807, 2.05) is 0 Å². The minimum absolute atomic E-state index is 0.0714. The molecule has 3 nitrogen and oxygen atoms in total. The maximum atomic E-state index is 13.7. The van der Waals surface area contributed by atoms with Crippen LogP contribution in [0.25, 0.3) is 6.08 Å². The van der Waals surface area contributed by atoms with Crippen molar-refractivity contribution in [1.29, 1.82) is 0 Å². The predicted molar refractivity (Wildman–Crippen MR) is 102 cm³/mol. The Kier molecular flexibility index (Phi) is 5.75. The van der Waals surface area contributed by atoms with Gasteiger partial charge in [-0.2, -0.15) is 0 Å². The van der Waals surface area contributed by atoms with Gasteiger partial charge in [0.25, 0.3) is 0 Å². The van der Waals surface area contributed by atoms with Crippen molar-refractivity contribution in [3.63, 3.8) is 0 Å². The van der Waals surface area contributed by atoms with Crippen molar-refractivity contribution >= 4 is 17.8 Å². The van der Waals surface area contributed by atoms with Crippen molar-refractivity contribution in [3.8, 4) is 5.75 Å². The second kappa shape index (κ2) is 8.39. The van der Waals surface area contributed by atoms with Crippen LogP contribution in [0.4, 0.5) is 8.78 Å². The highest BCUT2D eigenvalue weighted by Crippen LogP contribution is 2.23. The van der Waals surface area contributed by atoms with Crippen molar-refractivity contribution in [3.05, 3.63) is 107 Å². The Balaban J connectivity index is 1.88. The van der Waals surface area contributed by atoms with E-state index in [4.69, 9.17) is 4.74 Å². The Bertz CT molecular complexity index is 1070. The van der Waals surface area contributed by atoms with Crippen molar-refractivity contribution in [2.45, 2.75) is 6.92 Å². The molecule has 0 aromatic heterocycles. The molecule has 0 saturated carbocycles. The van der Waals surface area contributed by atoms with E-state index in [2.05, 4.69) is 0 Å². The summed E-state index contributed by atoms with van der Waals surface area (Å²) >= 11 is 0. The smallest absolute Gasteiger partial charge is 0.343 e. The fourth-order valence-electron chi connectivity index (χ4n) is 2.61. The van der Waals surface area contributed by atoms with E-state index in [9.17, 15) is 18.4 Å². The average Bonchev–Trinajstić information content (AvgIpc) is 2.68. The lowest BCUT2D eigenvalue weighted by Gasteiger charge is -2.10. The summed E-state index contributed by atoms with van der Waals surface area (Å²) in [6.45, 7) is 1.75. The van der Waals surface area contributed by atoms with Crippen LogP contribution in [0.15, 0.2) is 72.8 Å². The van der Waals surface area contributed by atoms with Crippen molar-refractivity contribution in [2.75, 3.05) is 0 Å². The highest BCUT2D eigenvalue weighted by molar-refractivity contribution is 6.09. The maximum absolute atomic E-state index is 13.7. The summed E-state index contributed by atoms with van der Waals surface area (Å²) < 4.78 is 32.7. The molecule has 0 atom stereocenters. The van der Waals surface area contributed by atoms with Gasteiger partial charge in [0, 0.05) is 5.56 Å². The third-order valence-electron chi connectivity index (χ3n) is 4.09. The second-order valence-electron chi connectivity index (χ2n) is 6.06. The molecule has 0 radical (unpaired) electrons. The molecular formula is C23H16F2O3. The molecule has 0 aliphatic rings. The first-order chi connectivity index (χ1) is 13.5. The lowest BCUT2D eigenvalue weighted by atomic mass is 10.1. The summed E-state index contributed by atoms with van der Waals surface area (Å²) in [7, 11) is 0. The van der Waals surface area contributed by atoms with Gasteiger partial charge < -0.3 is 4.74 Å². The molecule has 5 heteroatoms. The van der Waals surface area contributed by atoms with E-state index >= 15 is 0 Å². The first kappa shape index (κ1) is 19.2. The zero-order valence-electron chi connectivity index (χ0n) is 15.0. The molecule has 0 fully saturated rings. The number of ether oxygens (including phenoxy) is 1. The summed E-state index contributed by atoms with van der Waals surface area (Å²) in [5.74, 6) is -2.49. The molecule has 0 unspecified atom stereocenters. The molecule has 3 aromatic carbocycles. The number of carbonyl (C=O) groups is 2. The van der Waals surface area contributed by atoms with E-state index in [0.29, 0.717) is 11.1 Å². The van der Waals surface area contributed by atoms with Gasteiger partial charge in [-0.15, -0.1) is 0 Å². The van der Waals surface area contributed by atoms with Crippen LogP contribution in [-0.2, 0) is 0 Å². The Labute approximate surface area is 160 Å². The van der Waals surface area contributed by atoms with Crippen molar-refractivity contribution < 1.29 is 23.1 Å². The highest BCUT2D eigenvalue weighted by atomic mass is 19.1. The normalized spacial score (nSPS) is 10.8. The standard InChI is InChI=1S/C23H16F2O3/c1-15-6-2-4-8-18(15)23(27)28-22-13-11-17(24)14-19(22)21(26)12-10-16-7-3-5-9-20(16)25/h2-14H,1H3/b12-10+. The molecule has 0 saturated heterocycles. The first-order valence-corrected chi connectivity index (χ1v) is 8.50. The van der Waals surface area contributed by atoms with Gasteiger partial charge in [0.15, 0.2) is 5.78 Å². The third kappa shape index (κ3) is 4.38. The van der Waals surface area contributed by atoms with Crippen molar-refractivity contribution in [1.82, 2.24) is 0 Å². The summed E-state index contributed by atoms with van der Waals surface area (Å²) in [5, 5.41) is 0. The number of esters is 1. The van der Waals surface area contributed by atoms with E-state index in [-0.39, 0.29) is 16.9 Å². The van der Waals surface area contributed by atoms with Gasteiger partial charge in [-0.1, -0.05) is 36.4 Å². The number of halogens is 2. The van der Waals surface area contributed by atoms with Gasteiger partial charge in [-0.05, 0) is 55.0 Å². The maximum Gasteiger partial charge on any atom is 0.343 e. The molecule has 3 rings (SSSR count). The minimum atomic E-state index is -0.656. The lowest BCUT2D eigenvalue weighted by molar-refractivity contribution is 0.0732. The summed E-state index contributed by atoms with van der Waals surface area (Å²) in [5.41, 5.74) is 1.13. The van der Waals surface area contributed by atoms with Crippen LogP contribution < -0.4 is 4.74 Å². The largest absolute Gasteiger partial charge is 0.422 e. The molecule has 140 valence electrons. The highest BCUT2D eigenvalue weighted by Gasteiger charge is 2.17. The molecule has 28 heavy (non-hydrogen) atoms. The zero-order valence-corrected chi connectivity index (χ0v) is 15.0. The Hall–Kier alpha value is -3.60. The summed E-state index contributed by atoms with van der Waals surface area (Å²) in [6.07, 6.45) is 2.40. The predicted octanol–water partition coefficient (Wildman–Crippen LogP) is 5.39. The molecule has 0 N–H and O–H groups in total. The molecule has 0 aliphatic carbocycles. The monoisotopic (exact) mass is 378 g/mol. The van der Waals surface area contributed by atoms with Crippen LogP contribution >= 0.6 is 0 Å². The molecule has 0 spiro atoms. The molecular weight excluding hydrogens is 362 g/mol. The fraction of sp³-hybridized carbons (Fsp3) is 0.0435. The van der Waals surface area contributed by atoms with E-state index < -0.39 is 23.4 Å². The van der Waals surface area contributed by atoms with Crippen LogP contribution in [-0.4, -0.2) is 11.8 Å². The number of allylic oxidation sites excluding steroid dienone is 1. The summed E-state index contributed by atoms with van der Waals surface area (Å²) in [4.78, 5) is 24.9. The van der Waals surface area contributed by atoms with Crippen LogP contribution in [0.1, 0.15) is 31.8 Å². The second-order valence-corrected chi connectivity index (χ2v) is 6.06. The first-order valence-electron chi connectivity index (χ1n) is 8.50. The third-order valence-corrected chi connectivity index (χ3v) is 4.09. The number of benzene rings is 3. The van der Waals surface area contributed by atoms with E-state index in [0.717, 1.165) is 18.2 Å². The number of aryl methyl sites for hydroxylation is 1. The fourth-order valence-corrected chi connectivity index (χ4v) is 2.61. The molecule has 0 bridgehead atoms. The zero-order chi connectivity index (χ0) is 20.1. The number of hydrogen-bond donors (Lipinski definition) is 0. The Morgan fingerprint density at radius 1 is 0.893 bits per heavy atom. The van der Waals surface area contributed by atoms with E-state index in [1.165, 1.54) is 30.3 Å². The average molecular weight is 378 g/mol. The Morgan fingerprint density at radius 2 is 1.61 bits per heavy atom. The topological polar surface area (TPSA) is 43.4 Å². The Morgan fingerprint density at radius 3 is 2.36 bits per heavy atom. The van der Waals surface area contributed by atoms with Crippen LogP contribution in [0.5, 0.6) is 5.75 Å². The number of carbonyl (C=O) groups excluding carboxylic acids is 2. The molecule has 0 amide bonds. The lowest BCUT2D eigenvalue weighted by Crippen LogP contribution is -2.12. The van der Waals surface area contributed by atoms with Crippen LogP contribution in [0, 0.1) is 18.6 Å². The minimum Gasteiger partial charge on any atom is -0.422 e. The van der Waals surface area contributed by atoms with Crippen LogP contribution in [0.3, 0.4) is 0 Å². The quantitative estimate of drug-likeness (QED) is 0.259. The summed E-state index contributed by atoms with van der Waals surface area (Å²) in [6, 6.07) is 16.1. The van der Waals surface area contributed by atoms with Gasteiger partial charge in [-0.25, -0.2) is 13.6 Å². The van der Waals surface area contributed by atoms with Gasteiger partial charge in [0.1, 0.15) is 17.4 Å². The van der Waals surface area contributed by atoms with Crippen LogP contribution in [0.2, 0.25) is 0 Å². The van der Waals surface area contributed by atoms with Gasteiger partial charge in [0.2, 0.25) is 0 Å². The molecule has 3 aromatic rings. The number of ketones is 1. The van der Waals surface area contributed by atoms with Crippen molar-refractivity contribution in [2.24, 2.45) is 0 Å². The molecule has 0 aliphatic heterocycles. The molecule has 0 heterocycles. The van der Waals surface area contributed by atoms with Gasteiger partial charge in [-0.3, -0.25) is 4.79 Å².